The van der Waals surface area contributed by atoms with Gasteiger partial charge in [0.15, 0.2) is 0 Å². The lowest BCUT2D eigenvalue weighted by Crippen LogP contribution is -2.51. The monoisotopic (exact) mass is 537 g/mol. The predicted molar refractivity (Wildman–Crippen MR) is 149 cm³/mol. The van der Waals surface area contributed by atoms with Crippen LogP contribution in [0.15, 0.2) is 77.7 Å². The van der Waals surface area contributed by atoms with Crippen LogP contribution in [-0.2, 0) is 26.2 Å². The average molecular weight is 538 g/mol. The summed E-state index contributed by atoms with van der Waals surface area (Å²) in [5, 5.41) is 2.75. The van der Waals surface area contributed by atoms with E-state index in [2.05, 4.69) is 5.32 Å². The van der Waals surface area contributed by atoms with Crippen molar-refractivity contribution in [3.8, 4) is 5.75 Å². The quantitative estimate of drug-likeness (QED) is 0.398. The summed E-state index contributed by atoms with van der Waals surface area (Å²) in [6.45, 7) is 7.23. The van der Waals surface area contributed by atoms with Crippen LogP contribution in [0.1, 0.15) is 30.5 Å². The number of hydrogen-bond donors (Lipinski definition) is 1. The second-order valence-corrected chi connectivity index (χ2v) is 11.0. The smallest absolute Gasteiger partial charge is 0.264 e. The van der Waals surface area contributed by atoms with Crippen LogP contribution in [0.3, 0.4) is 0 Å². The normalized spacial score (nSPS) is 11.9. The van der Waals surface area contributed by atoms with E-state index in [0.29, 0.717) is 18.0 Å². The molecule has 0 saturated heterocycles. The van der Waals surface area contributed by atoms with Crippen molar-refractivity contribution in [2.75, 3.05) is 24.5 Å². The first-order valence-corrected chi connectivity index (χ1v) is 13.9. The number of methoxy groups -OCH3 is 1. The topological polar surface area (TPSA) is 96.0 Å². The maximum absolute atomic E-state index is 13.8. The van der Waals surface area contributed by atoms with Gasteiger partial charge >= 0.3 is 0 Å². The van der Waals surface area contributed by atoms with Crippen molar-refractivity contribution in [3.63, 3.8) is 0 Å². The van der Waals surface area contributed by atoms with Gasteiger partial charge in [-0.1, -0.05) is 47.5 Å². The first kappa shape index (κ1) is 28.7. The summed E-state index contributed by atoms with van der Waals surface area (Å²) in [5.41, 5.74) is 2.98. The number of nitrogens with one attached hydrogen (secondary N) is 1. The van der Waals surface area contributed by atoms with Gasteiger partial charge in [-0.3, -0.25) is 13.9 Å². The van der Waals surface area contributed by atoms with Crippen LogP contribution >= 0.6 is 0 Å². The minimum Gasteiger partial charge on any atom is -0.497 e. The molecule has 0 heterocycles. The summed E-state index contributed by atoms with van der Waals surface area (Å²) >= 11 is 0. The van der Waals surface area contributed by atoms with Gasteiger partial charge < -0.3 is 15.0 Å². The second-order valence-electron chi connectivity index (χ2n) is 9.10. The fourth-order valence-corrected chi connectivity index (χ4v) is 5.36. The van der Waals surface area contributed by atoms with Crippen LogP contribution in [0.25, 0.3) is 0 Å². The van der Waals surface area contributed by atoms with E-state index < -0.39 is 28.5 Å². The van der Waals surface area contributed by atoms with E-state index in [0.717, 1.165) is 21.0 Å². The maximum atomic E-state index is 13.8. The zero-order valence-corrected chi connectivity index (χ0v) is 23.3. The Morgan fingerprint density at radius 2 is 1.55 bits per heavy atom. The Labute approximate surface area is 225 Å². The SMILES string of the molecule is CCNC(=O)C(C)N(Cc1cccc(OC)c1)C(=O)CN(c1ccc(C)cc1)S(=O)(=O)c1ccc(C)cc1. The van der Waals surface area contributed by atoms with Crippen LogP contribution in [-0.4, -0.2) is 51.4 Å². The van der Waals surface area contributed by atoms with Crippen molar-refractivity contribution in [2.45, 2.75) is 45.2 Å². The van der Waals surface area contributed by atoms with Crippen LogP contribution in [0.4, 0.5) is 5.69 Å². The molecule has 3 aromatic rings. The van der Waals surface area contributed by atoms with Crippen LogP contribution in [0, 0.1) is 13.8 Å². The third-order valence-electron chi connectivity index (χ3n) is 6.22. The van der Waals surface area contributed by atoms with E-state index in [-0.39, 0.29) is 17.3 Å². The summed E-state index contributed by atoms with van der Waals surface area (Å²) in [5.74, 6) is -0.223. The Bertz CT molecular complexity index is 1360. The molecule has 0 spiro atoms. The molecule has 9 heteroatoms. The number of ether oxygens (including phenoxy) is 1. The number of anilines is 1. The van der Waals surface area contributed by atoms with E-state index in [4.69, 9.17) is 4.74 Å². The summed E-state index contributed by atoms with van der Waals surface area (Å²) in [6, 6.07) is 19.8. The third-order valence-corrected chi connectivity index (χ3v) is 8.00. The highest BCUT2D eigenvalue weighted by Gasteiger charge is 2.32. The van der Waals surface area contributed by atoms with Gasteiger partial charge in [-0.25, -0.2) is 8.42 Å². The number of nitrogens with zero attached hydrogens (tertiary/aromatic N) is 2. The Kier molecular flexibility index (Phi) is 9.52. The third kappa shape index (κ3) is 6.92. The molecule has 2 amide bonds. The highest BCUT2D eigenvalue weighted by molar-refractivity contribution is 7.92. The van der Waals surface area contributed by atoms with Crippen LogP contribution in [0.2, 0.25) is 0 Å². The molecule has 0 bridgehead atoms. The molecule has 0 radical (unpaired) electrons. The lowest BCUT2D eigenvalue weighted by molar-refractivity contribution is -0.139. The maximum Gasteiger partial charge on any atom is 0.264 e. The standard InChI is InChI=1S/C29H35N3O5S/c1-6-30-29(34)23(4)31(19-24-8-7-9-26(18-24)37-5)28(33)20-32(25-14-10-21(2)11-15-25)38(35,36)27-16-12-22(3)13-17-27/h7-18,23H,6,19-20H2,1-5H3,(H,30,34). The number of likely N-dealkylation sites (N-methyl/N-ethyl adjacent to an activating group) is 1. The van der Waals surface area contributed by atoms with Gasteiger partial charge in [0, 0.05) is 13.1 Å². The minimum absolute atomic E-state index is 0.0765. The molecule has 3 aromatic carbocycles. The van der Waals surface area contributed by atoms with Gasteiger partial charge in [0.05, 0.1) is 17.7 Å². The van der Waals surface area contributed by atoms with E-state index >= 15 is 0 Å². The highest BCUT2D eigenvalue weighted by atomic mass is 32.2. The molecule has 0 aliphatic carbocycles. The molecule has 1 unspecified atom stereocenters. The molecule has 0 aliphatic rings. The van der Waals surface area contributed by atoms with Gasteiger partial charge in [0.25, 0.3) is 10.0 Å². The molecular weight excluding hydrogens is 502 g/mol. The molecular formula is C29H35N3O5S. The molecule has 0 aliphatic heterocycles. The zero-order valence-electron chi connectivity index (χ0n) is 22.5. The molecule has 38 heavy (non-hydrogen) atoms. The lowest BCUT2D eigenvalue weighted by atomic mass is 10.1. The number of sulfonamides is 1. The van der Waals surface area contributed by atoms with Crippen molar-refractivity contribution in [1.82, 2.24) is 10.2 Å². The Hall–Kier alpha value is -3.85. The average Bonchev–Trinajstić information content (AvgIpc) is 2.91. The molecule has 202 valence electrons. The first-order valence-electron chi connectivity index (χ1n) is 12.4. The summed E-state index contributed by atoms with van der Waals surface area (Å²) in [6.07, 6.45) is 0. The summed E-state index contributed by atoms with van der Waals surface area (Å²) < 4.78 is 34.0. The van der Waals surface area contributed by atoms with Gasteiger partial charge in [-0.2, -0.15) is 0 Å². The molecule has 1 atom stereocenters. The largest absolute Gasteiger partial charge is 0.497 e. The van der Waals surface area contributed by atoms with Crippen LogP contribution in [0.5, 0.6) is 5.75 Å². The fourth-order valence-electron chi connectivity index (χ4n) is 3.95. The summed E-state index contributed by atoms with van der Waals surface area (Å²) in [7, 11) is -2.54. The first-order chi connectivity index (χ1) is 18.1. The number of amides is 2. The Morgan fingerprint density at radius 1 is 0.947 bits per heavy atom. The van der Waals surface area contributed by atoms with Gasteiger partial charge in [0.1, 0.15) is 18.3 Å². The second kappa shape index (κ2) is 12.6. The van der Waals surface area contributed by atoms with E-state index in [1.165, 1.54) is 17.0 Å². The Balaban J connectivity index is 2.02. The van der Waals surface area contributed by atoms with Crippen molar-refractivity contribution in [1.29, 1.82) is 0 Å². The van der Waals surface area contributed by atoms with E-state index in [1.807, 2.05) is 19.9 Å². The Morgan fingerprint density at radius 3 is 2.13 bits per heavy atom. The molecule has 8 nitrogen and oxygen atoms in total. The zero-order chi connectivity index (χ0) is 27.9. The molecule has 0 aromatic heterocycles. The minimum atomic E-state index is -4.09. The lowest BCUT2D eigenvalue weighted by Gasteiger charge is -2.32. The predicted octanol–water partition coefficient (Wildman–Crippen LogP) is 4.06. The fraction of sp³-hybridized carbons (Fsp3) is 0.310. The summed E-state index contributed by atoms with van der Waals surface area (Å²) in [4.78, 5) is 28.1. The van der Waals surface area contributed by atoms with Gasteiger partial charge in [-0.05, 0) is 69.7 Å². The number of aryl methyl sites for hydroxylation is 2. The highest BCUT2D eigenvalue weighted by Crippen LogP contribution is 2.25. The van der Waals surface area contributed by atoms with Crippen molar-refractivity contribution in [3.05, 3.63) is 89.5 Å². The number of carbonyl (C=O) groups is 2. The van der Waals surface area contributed by atoms with E-state index in [9.17, 15) is 18.0 Å². The van der Waals surface area contributed by atoms with Crippen LogP contribution < -0.4 is 14.4 Å². The van der Waals surface area contributed by atoms with E-state index in [1.54, 1.807) is 75.6 Å². The number of hydrogen-bond acceptors (Lipinski definition) is 5. The number of carbonyl (C=O) groups excluding carboxylic acids is 2. The van der Waals surface area contributed by atoms with Gasteiger partial charge in [-0.15, -0.1) is 0 Å². The molecule has 1 N–H and O–H groups in total. The van der Waals surface area contributed by atoms with Gasteiger partial charge in [0.2, 0.25) is 11.8 Å². The van der Waals surface area contributed by atoms with Crippen molar-refractivity contribution < 1.29 is 22.7 Å². The van der Waals surface area contributed by atoms with Crippen molar-refractivity contribution >= 4 is 27.5 Å². The molecule has 0 saturated carbocycles. The molecule has 0 fully saturated rings. The number of rotatable bonds is 11. The number of benzene rings is 3. The van der Waals surface area contributed by atoms with Crippen molar-refractivity contribution in [2.24, 2.45) is 0 Å². The molecule has 3 rings (SSSR count).